The fourth-order valence-electron chi connectivity index (χ4n) is 4.26. The van der Waals surface area contributed by atoms with Crippen LogP contribution in [0, 0.1) is 0 Å². The van der Waals surface area contributed by atoms with Gasteiger partial charge in [0.1, 0.15) is 5.41 Å². The number of carbonyl (C=O) groups is 1. The molecule has 0 spiro atoms. The number of anilines is 1. The number of likely N-dealkylation sites (tertiary alicyclic amines) is 1. The van der Waals surface area contributed by atoms with Crippen LogP contribution in [0.2, 0.25) is 0 Å². The topological polar surface area (TPSA) is 69.6 Å². The largest absolute Gasteiger partial charge is 0.481 e. The van der Waals surface area contributed by atoms with Crippen LogP contribution in [-0.4, -0.2) is 52.1 Å². The highest BCUT2D eigenvalue weighted by Crippen LogP contribution is 2.35. The minimum Gasteiger partial charge on any atom is -0.481 e. The van der Waals surface area contributed by atoms with Gasteiger partial charge in [-0.05, 0) is 31.2 Å². The van der Waals surface area contributed by atoms with Crippen molar-refractivity contribution < 1.29 is 9.90 Å². The summed E-state index contributed by atoms with van der Waals surface area (Å²) >= 11 is 0. The minimum atomic E-state index is -0.824. The van der Waals surface area contributed by atoms with E-state index >= 15 is 0 Å². The van der Waals surface area contributed by atoms with Gasteiger partial charge in [0.2, 0.25) is 5.95 Å². The Hall–Kier alpha value is -2.47. The SMILES string of the molecule is O=C(O)C1(c2ccccc2)CCN(Cc2cnc(N3CCCCC3)nc2)C1. The van der Waals surface area contributed by atoms with Crippen molar-refractivity contribution in [1.29, 1.82) is 0 Å². The number of nitrogens with zero attached hydrogens (tertiary/aromatic N) is 4. The number of rotatable bonds is 5. The van der Waals surface area contributed by atoms with Gasteiger partial charge in [-0.25, -0.2) is 9.97 Å². The molecule has 2 saturated heterocycles. The Morgan fingerprint density at radius 1 is 1.04 bits per heavy atom. The standard InChI is InChI=1S/C21H26N4O2/c26-19(27)21(18-7-3-1-4-8-18)9-12-24(16-21)15-17-13-22-20(23-14-17)25-10-5-2-6-11-25/h1,3-4,7-8,13-14H,2,5-6,9-12,15-16H2,(H,26,27). The van der Waals surface area contributed by atoms with Crippen molar-refractivity contribution >= 4 is 11.9 Å². The summed E-state index contributed by atoms with van der Waals surface area (Å²) in [5.74, 6) is 0.0666. The molecular weight excluding hydrogens is 340 g/mol. The molecule has 2 aliphatic rings. The highest BCUT2D eigenvalue weighted by Gasteiger charge is 2.46. The van der Waals surface area contributed by atoms with E-state index in [4.69, 9.17) is 0 Å². The van der Waals surface area contributed by atoms with Crippen molar-refractivity contribution in [1.82, 2.24) is 14.9 Å². The van der Waals surface area contributed by atoms with Crippen molar-refractivity contribution in [3.05, 3.63) is 53.9 Å². The average Bonchev–Trinajstić information content (AvgIpc) is 3.15. The Morgan fingerprint density at radius 2 is 1.74 bits per heavy atom. The Balaban J connectivity index is 1.44. The molecule has 3 heterocycles. The second kappa shape index (κ2) is 7.64. The van der Waals surface area contributed by atoms with E-state index in [9.17, 15) is 9.90 Å². The molecule has 6 nitrogen and oxygen atoms in total. The molecule has 6 heteroatoms. The van der Waals surface area contributed by atoms with E-state index in [2.05, 4.69) is 19.8 Å². The third kappa shape index (κ3) is 3.67. The average molecular weight is 366 g/mol. The molecule has 2 fully saturated rings. The number of hydrogen-bond acceptors (Lipinski definition) is 5. The number of aliphatic carboxylic acids is 1. The van der Waals surface area contributed by atoms with Gasteiger partial charge in [-0.3, -0.25) is 9.69 Å². The predicted octanol–water partition coefficient (Wildman–Crippen LogP) is 2.70. The van der Waals surface area contributed by atoms with Gasteiger partial charge in [0.25, 0.3) is 0 Å². The lowest BCUT2D eigenvalue weighted by molar-refractivity contribution is -0.143. The summed E-state index contributed by atoms with van der Waals surface area (Å²) in [7, 11) is 0. The first kappa shape index (κ1) is 17.9. The monoisotopic (exact) mass is 366 g/mol. The number of hydrogen-bond donors (Lipinski definition) is 1. The Bertz CT molecular complexity index is 775. The Morgan fingerprint density at radius 3 is 2.41 bits per heavy atom. The first-order valence-corrected chi connectivity index (χ1v) is 9.74. The minimum absolute atomic E-state index is 0.514. The molecule has 0 amide bonds. The van der Waals surface area contributed by atoms with Crippen molar-refractivity contribution in [3.8, 4) is 0 Å². The summed E-state index contributed by atoms with van der Waals surface area (Å²) < 4.78 is 0. The molecule has 2 aliphatic heterocycles. The number of piperidine rings is 1. The zero-order chi connectivity index (χ0) is 18.7. The van der Waals surface area contributed by atoms with E-state index in [-0.39, 0.29) is 0 Å². The zero-order valence-corrected chi connectivity index (χ0v) is 15.5. The molecule has 2 aromatic rings. The van der Waals surface area contributed by atoms with Crippen LogP contribution in [0.3, 0.4) is 0 Å². The van der Waals surface area contributed by atoms with E-state index in [1.165, 1.54) is 19.3 Å². The maximum absolute atomic E-state index is 12.1. The van der Waals surface area contributed by atoms with Crippen LogP contribution in [0.5, 0.6) is 0 Å². The molecule has 1 aromatic heterocycles. The van der Waals surface area contributed by atoms with Gasteiger partial charge < -0.3 is 10.0 Å². The highest BCUT2D eigenvalue weighted by molar-refractivity contribution is 5.82. The number of aromatic nitrogens is 2. The summed E-state index contributed by atoms with van der Waals surface area (Å²) in [6, 6.07) is 9.60. The summed E-state index contributed by atoms with van der Waals surface area (Å²) in [5.41, 5.74) is 1.09. The van der Waals surface area contributed by atoms with E-state index in [0.717, 1.165) is 36.7 Å². The lowest BCUT2D eigenvalue weighted by Gasteiger charge is -2.27. The van der Waals surface area contributed by atoms with E-state index in [1.807, 2.05) is 42.7 Å². The van der Waals surface area contributed by atoms with Crippen molar-refractivity contribution in [2.45, 2.75) is 37.6 Å². The van der Waals surface area contributed by atoms with Gasteiger partial charge in [-0.1, -0.05) is 30.3 Å². The Kier molecular flexibility index (Phi) is 5.07. The van der Waals surface area contributed by atoms with Gasteiger partial charge in [-0.2, -0.15) is 0 Å². The second-order valence-electron chi connectivity index (χ2n) is 7.65. The Labute approximate surface area is 159 Å². The van der Waals surface area contributed by atoms with E-state index < -0.39 is 11.4 Å². The molecule has 0 saturated carbocycles. The number of benzene rings is 1. The zero-order valence-electron chi connectivity index (χ0n) is 15.5. The molecule has 0 radical (unpaired) electrons. The van der Waals surface area contributed by atoms with Gasteiger partial charge in [0.05, 0.1) is 0 Å². The molecule has 0 aliphatic carbocycles. The molecule has 142 valence electrons. The van der Waals surface area contributed by atoms with Crippen molar-refractivity contribution in [2.24, 2.45) is 0 Å². The first-order valence-electron chi connectivity index (χ1n) is 9.74. The lowest BCUT2D eigenvalue weighted by Crippen LogP contribution is -2.38. The maximum atomic E-state index is 12.1. The third-order valence-corrected chi connectivity index (χ3v) is 5.82. The summed E-state index contributed by atoms with van der Waals surface area (Å²) in [6.45, 7) is 4.02. The van der Waals surface area contributed by atoms with Gasteiger partial charge in [0.15, 0.2) is 0 Å². The molecule has 4 rings (SSSR count). The van der Waals surface area contributed by atoms with Crippen LogP contribution in [-0.2, 0) is 16.8 Å². The summed E-state index contributed by atoms with van der Waals surface area (Å²) in [6.07, 6.45) is 8.10. The molecule has 1 unspecified atom stereocenters. The quantitative estimate of drug-likeness (QED) is 0.877. The van der Waals surface area contributed by atoms with Crippen LogP contribution in [0.1, 0.15) is 36.8 Å². The molecular formula is C21H26N4O2. The molecule has 1 atom stereocenters. The van der Waals surface area contributed by atoms with E-state index in [0.29, 0.717) is 19.5 Å². The highest BCUT2D eigenvalue weighted by atomic mass is 16.4. The number of carboxylic acid groups (broad SMARTS) is 1. The van der Waals surface area contributed by atoms with Gasteiger partial charge in [0, 0.05) is 50.7 Å². The van der Waals surface area contributed by atoms with Crippen LogP contribution in [0.15, 0.2) is 42.7 Å². The number of carboxylic acids is 1. The fourth-order valence-corrected chi connectivity index (χ4v) is 4.26. The normalized spacial score (nSPS) is 23.5. The molecule has 1 aromatic carbocycles. The van der Waals surface area contributed by atoms with E-state index in [1.54, 1.807) is 0 Å². The van der Waals surface area contributed by atoms with Crippen molar-refractivity contribution in [2.75, 3.05) is 31.1 Å². The van der Waals surface area contributed by atoms with Crippen molar-refractivity contribution in [3.63, 3.8) is 0 Å². The maximum Gasteiger partial charge on any atom is 0.315 e. The van der Waals surface area contributed by atoms with Crippen LogP contribution >= 0.6 is 0 Å². The molecule has 0 bridgehead atoms. The third-order valence-electron chi connectivity index (χ3n) is 5.82. The molecule has 1 N–H and O–H groups in total. The van der Waals surface area contributed by atoms with Gasteiger partial charge in [-0.15, -0.1) is 0 Å². The fraction of sp³-hybridized carbons (Fsp3) is 0.476. The summed E-state index contributed by atoms with van der Waals surface area (Å²) in [5, 5.41) is 9.92. The smallest absolute Gasteiger partial charge is 0.315 e. The second-order valence-corrected chi connectivity index (χ2v) is 7.65. The summed E-state index contributed by atoms with van der Waals surface area (Å²) in [4.78, 5) is 25.6. The predicted molar refractivity (Wildman–Crippen MR) is 104 cm³/mol. The first-order chi connectivity index (χ1) is 13.2. The van der Waals surface area contributed by atoms with Crippen LogP contribution in [0.4, 0.5) is 5.95 Å². The van der Waals surface area contributed by atoms with Crippen LogP contribution < -0.4 is 4.90 Å². The van der Waals surface area contributed by atoms with Gasteiger partial charge >= 0.3 is 5.97 Å². The molecule has 27 heavy (non-hydrogen) atoms. The lowest BCUT2D eigenvalue weighted by atomic mass is 9.80. The van der Waals surface area contributed by atoms with Crippen LogP contribution in [0.25, 0.3) is 0 Å².